The van der Waals surface area contributed by atoms with Crippen LogP contribution in [0.1, 0.15) is 17.0 Å². The van der Waals surface area contributed by atoms with E-state index in [0.717, 1.165) is 33.4 Å². The maximum Gasteiger partial charge on any atom is 0.237 e. The van der Waals surface area contributed by atoms with E-state index in [1.165, 1.54) is 0 Å². The minimum absolute atomic E-state index is 0.0768. The van der Waals surface area contributed by atoms with Crippen molar-refractivity contribution in [1.29, 1.82) is 0 Å². The molecule has 1 amide bonds. The second-order valence-corrected chi connectivity index (χ2v) is 5.98. The summed E-state index contributed by atoms with van der Waals surface area (Å²) in [7, 11) is 0. The molecule has 0 radical (unpaired) electrons. The number of aromatic nitrogens is 1. The third-order valence-electron chi connectivity index (χ3n) is 4.39. The van der Waals surface area contributed by atoms with Crippen LogP contribution in [-0.2, 0) is 11.2 Å². The number of amides is 1. The molecule has 2 heterocycles. The van der Waals surface area contributed by atoms with Crippen molar-refractivity contribution in [1.82, 2.24) is 4.98 Å². The monoisotopic (exact) mass is 331 g/mol. The SMILES string of the molecule is O=C1Nc2ccc3ncccc3c2C1C=Nc1ccc(CCO)cc1. The number of aliphatic hydroxyl groups is 1. The van der Waals surface area contributed by atoms with Gasteiger partial charge in [-0.1, -0.05) is 18.2 Å². The number of hydrogen-bond donors (Lipinski definition) is 2. The summed E-state index contributed by atoms with van der Waals surface area (Å²) in [4.78, 5) is 21.2. The van der Waals surface area contributed by atoms with Gasteiger partial charge in [-0.25, -0.2) is 0 Å². The molecule has 0 saturated carbocycles. The smallest absolute Gasteiger partial charge is 0.237 e. The zero-order valence-corrected chi connectivity index (χ0v) is 13.5. The van der Waals surface area contributed by atoms with E-state index in [1.807, 2.05) is 48.5 Å². The molecule has 0 fully saturated rings. The molecule has 1 aliphatic heterocycles. The first kappa shape index (κ1) is 15.5. The van der Waals surface area contributed by atoms with E-state index in [4.69, 9.17) is 5.11 Å². The Bertz CT molecular complexity index is 964. The molecule has 2 aromatic carbocycles. The number of carbonyl (C=O) groups is 1. The summed E-state index contributed by atoms with van der Waals surface area (Å²) in [6.07, 6.45) is 4.06. The summed E-state index contributed by atoms with van der Waals surface area (Å²) >= 11 is 0. The lowest BCUT2D eigenvalue weighted by atomic mass is 9.97. The molecule has 4 rings (SSSR count). The first-order valence-corrected chi connectivity index (χ1v) is 8.19. The van der Waals surface area contributed by atoms with Crippen molar-refractivity contribution in [2.45, 2.75) is 12.3 Å². The van der Waals surface area contributed by atoms with Crippen LogP contribution in [0.3, 0.4) is 0 Å². The summed E-state index contributed by atoms with van der Waals surface area (Å²) in [5, 5.41) is 12.8. The highest BCUT2D eigenvalue weighted by Crippen LogP contribution is 2.37. The van der Waals surface area contributed by atoms with Crippen LogP contribution in [0, 0.1) is 0 Å². The van der Waals surface area contributed by atoms with Crippen LogP contribution in [0.15, 0.2) is 59.7 Å². The number of aliphatic hydroxyl groups excluding tert-OH is 1. The van der Waals surface area contributed by atoms with Crippen LogP contribution in [0.25, 0.3) is 10.9 Å². The van der Waals surface area contributed by atoms with E-state index in [9.17, 15) is 4.79 Å². The summed E-state index contributed by atoms with van der Waals surface area (Å²) in [5.74, 6) is -0.507. The molecule has 0 aliphatic carbocycles. The Hall–Kier alpha value is -3.05. The number of carbonyl (C=O) groups excluding carboxylic acids is 1. The van der Waals surface area contributed by atoms with Gasteiger partial charge in [-0.05, 0) is 42.3 Å². The lowest BCUT2D eigenvalue weighted by Crippen LogP contribution is -2.13. The zero-order valence-electron chi connectivity index (χ0n) is 13.5. The molecule has 1 aliphatic rings. The van der Waals surface area contributed by atoms with Gasteiger partial charge in [0.1, 0.15) is 5.92 Å². The molecule has 1 atom stereocenters. The average Bonchev–Trinajstić information content (AvgIpc) is 2.97. The van der Waals surface area contributed by atoms with Gasteiger partial charge in [0, 0.05) is 35.7 Å². The molecule has 1 aromatic heterocycles. The fraction of sp³-hybridized carbons (Fsp3) is 0.150. The summed E-state index contributed by atoms with van der Waals surface area (Å²) in [6.45, 7) is 0.128. The van der Waals surface area contributed by atoms with Crippen LogP contribution in [0.4, 0.5) is 11.4 Å². The quantitative estimate of drug-likeness (QED) is 0.721. The molecule has 5 nitrogen and oxygen atoms in total. The van der Waals surface area contributed by atoms with Gasteiger partial charge in [0.25, 0.3) is 0 Å². The van der Waals surface area contributed by atoms with E-state index in [1.54, 1.807) is 12.4 Å². The van der Waals surface area contributed by atoms with Gasteiger partial charge >= 0.3 is 0 Å². The lowest BCUT2D eigenvalue weighted by molar-refractivity contribution is -0.115. The maximum absolute atomic E-state index is 12.4. The molecule has 5 heteroatoms. The van der Waals surface area contributed by atoms with Gasteiger partial charge in [-0.3, -0.25) is 14.8 Å². The van der Waals surface area contributed by atoms with Gasteiger partial charge in [0.15, 0.2) is 0 Å². The van der Waals surface area contributed by atoms with Crippen molar-refractivity contribution < 1.29 is 9.90 Å². The highest BCUT2D eigenvalue weighted by Gasteiger charge is 2.31. The molecule has 0 spiro atoms. The largest absolute Gasteiger partial charge is 0.396 e. The molecule has 25 heavy (non-hydrogen) atoms. The topological polar surface area (TPSA) is 74.6 Å². The van der Waals surface area contributed by atoms with E-state index in [0.29, 0.717) is 6.42 Å². The third-order valence-corrected chi connectivity index (χ3v) is 4.39. The van der Waals surface area contributed by atoms with Crippen LogP contribution in [0.2, 0.25) is 0 Å². The van der Waals surface area contributed by atoms with Crippen molar-refractivity contribution in [3.63, 3.8) is 0 Å². The number of nitrogens with zero attached hydrogens (tertiary/aromatic N) is 2. The molecular formula is C20H17N3O2. The molecule has 0 saturated heterocycles. The van der Waals surface area contributed by atoms with Crippen molar-refractivity contribution >= 4 is 34.4 Å². The van der Waals surface area contributed by atoms with Crippen LogP contribution >= 0.6 is 0 Å². The Kier molecular flexibility index (Phi) is 3.99. The molecule has 2 N–H and O–H groups in total. The van der Waals surface area contributed by atoms with Gasteiger partial charge in [0.2, 0.25) is 5.91 Å². The van der Waals surface area contributed by atoms with Gasteiger partial charge < -0.3 is 10.4 Å². The van der Waals surface area contributed by atoms with Crippen molar-refractivity contribution in [3.8, 4) is 0 Å². The number of nitrogens with one attached hydrogen (secondary N) is 1. The third kappa shape index (κ3) is 2.90. The molecule has 3 aromatic rings. The Morgan fingerprint density at radius 3 is 2.80 bits per heavy atom. The summed E-state index contributed by atoms with van der Waals surface area (Å²) in [5.41, 5.74) is 4.45. The Balaban J connectivity index is 1.68. The lowest BCUT2D eigenvalue weighted by Gasteiger charge is -2.07. The number of anilines is 1. The predicted molar refractivity (Wildman–Crippen MR) is 98.5 cm³/mol. The van der Waals surface area contributed by atoms with Crippen molar-refractivity contribution in [2.24, 2.45) is 4.99 Å². The second-order valence-electron chi connectivity index (χ2n) is 5.98. The van der Waals surface area contributed by atoms with Gasteiger partial charge in [-0.2, -0.15) is 0 Å². The summed E-state index contributed by atoms with van der Waals surface area (Å²) in [6, 6.07) is 15.3. The molecule has 1 unspecified atom stereocenters. The van der Waals surface area contributed by atoms with Crippen LogP contribution in [-0.4, -0.2) is 28.8 Å². The Morgan fingerprint density at radius 1 is 1.16 bits per heavy atom. The van der Waals surface area contributed by atoms with E-state index in [2.05, 4.69) is 15.3 Å². The number of aliphatic imine (C=N–C) groups is 1. The van der Waals surface area contributed by atoms with Crippen LogP contribution < -0.4 is 5.32 Å². The van der Waals surface area contributed by atoms with Crippen molar-refractivity contribution in [2.75, 3.05) is 11.9 Å². The van der Waals surface area contributed by atoms with Gasteiger partial charge in [-0.15, -0.1) is 0 Å². The molecule has 0 bridgehead atoms. The van der Waals surface area contributed by atoms with Gasteiger partial charge in [0.05, 0.1) is 11.2 Å². The number of pyridine rings is 1. The minimum Gasteiger partial charge on any atom is -0.396 e. The second kappa shape index (κ2) is 6.45. The van der Waals surface area contributed by atoms with Crippen LogP contribution in [0.5, 0.6) is 0 Å². The van der Waals surface area contributed by atoms with E-state index < -0.39 is 5.92 Å². The molecular weight excluding hydrogens is 314 g/mol. The number of rotatable bonds is 4. The first-order valence-electron chi connectivity index (χ1n) is 8.19. The minimum atomic E-state index is -0.431. The maximum atomic E-state index is 12.4. The standard InChI is InChI=1S/C20H17N3O2/c24-11-9-13-3-5-14(6-4-13)22-12-16-19-15-2-1-10-21-17(15)7-8-18(19)23-20(16)25/h1-8,10,12,16,24H,9,11H2,(H,23,25). The Labute approximate surface area is 145 Å². The number of hydrogen-bond acceptors (Lipinski definition) is 4. The normalized spacial score (nSPS) is 16.4. The van der Waals surface area contributed by atoms with E-state index >= 15 is 0 Å². The highest BCUT2D eigenvalue weighted by atomic mass is 16.3. The highest BCUT2D eigenvalue weighted by molar-refractivity contribution is 6.16. The van der Waals surface area contributed by atoms with E-state index in [-0.39, 0.29) is 12.5 Å². The fourth-order valence-corrected chi connectivity index (χ4v) is 3.14. The number of benzene rings is 2. The summed E-state index contributed by atoms with van der Waals surface area (Å²) < 4.78 is 0. The number of fused-ring (bicyclic) bond motifs is 3. The van der Waals surface area contributed by atoms with Crippen molar-refractivity contribution in [3.05, 3.63) is 65.9 Å². The fourth-order valence-electron chi connectivity index (χ4n) is 3.14. The zero-order chi connectivity index (χ0) is 17.2. The first-order chi connectivity index (χ1) is 12.3. The Morgan fingerprint density at radius 2 is 2.00 bits per heavy atom. The average molecular weight is 331 g/mol. The predicted octanol–water partition coefficient (Wildman–Crippen LogP) is 3.21. The molecule has 124 valence electrons.